The lowest BCUT2D eigenvalue weighted by Gasteiger charge is -2.31. The van der Waals surface area contributed by atoms with Crippen molar-refractivity contribution in [2.24, 2.45) is 0 Å². The molecule has 2 N–H and O–H groups in total. The van der Waals surface area contributed by atoms with Crippen molar-refractivity contribution < 1.29 is 9.59 Å². The average molecular weight is 488 g/mol. The fraction of sp³-hybridized carbons (Fsp3) is 0.154. The summed E-state index contributed by atoms with van der Waals surface area (Å²) in [5.41, 5.74) is 5.28. The highest BCUT2D eigenvalue weighted by atomic mass is 79.9. The molecule has 2 heterocycles. The molecule has 2 unspecified atom stereocenters. The highest BCUT2D eigenvalue weighted by Crippen LogP contribution is 2.43. The number of carbonyl (C=O) groups excluding carboxylic acids is 2. The Bertz CT molecular complexity index is 1360. The quantitative estimate of drug-likeness (QED) is 0.381. The second-order valence-electron chi connectivity index (χ2n) is 8.09. The Morgan fingerprint density at radius 2 is 1.81 bits per heavy atom. The molecule has 3 aromatic carbocycles. The Morgan fingerprint density at radius 3 is 2.62 bits per heavy atom. The number of halogens is 1. The van der Waals surface area contributed by atoms with Crippen molar-refractivity contribution in [2.45, 2.75) is 25.9 Å². The van der Waals surface area contributed by atoms with Gasteiger partial charge in [-0.3, -0.25) is 9.59 Å². The number of carbonyl (C=O) groups is 2. The maximum absolute atomic E-state index is 13.5. The molecule has 0 bridgehead atoms. The SMILES string of the molecule is Cc1[nH]c2ccccc2c1C1c2ccccc2C(=O)N1C(C)C(=O)Nc1cccc(Br)c1. The maximum Gasteiger partial charge on any atom is 0.255 e. The Kier molecular flexibility index (Phi) is 5.10. The predicted octanol–water partition coefficient (Wildman–Crippen LogP) is 5.81. The minimum Gasteiger partial charge on any atom is -0.358 e. The summed E-state index contributed by atoms with van der Waals surface area (Å²) < 4.78 is 0.875. The largest absolute Gasteiger partial charge is 0.358 e. The molecule has 1 aromatic heterocycles. The van der Waals surface area contributed by atoms with Crippen molar-refractivity contribution in [1.29, 1.82) is 0 Å². The number of benzene rings is 3. The van der Waals surface area contributed by atoms with Crippen LogP contribution in [-0.4, -0.2) is 27.7 Å². The molecule has 0 fully saturated rings. The van der Waals surface area contributed by atoms with Gasteiger partial charge in [-0.15, -0.1) is 0 Å². The topological polar surface area (TPSA) is 65.2 Å². The van der Waals surface area contributed by atoms with Crippen LogP contribution in [0, 0.1) is 6.92 Å². The fourth-order valence-electron chi connectivity index (χ4n) is 4.62. The summed E-state index contributed by atoms with van der Waals surface area (Å²) in [6.45, 7) is 3.80. The van der Waals surface area contributed by atoms with Gasteiger partial charge in [-0.2, -0.15) is 0 Å². The van der Waals surface area contributed by atoms with Gasteiger partial charge in [0.05, 0.1) is 6.04 Å². The van der Waals surface area contributed by atoms with Crippen LogP contribution in [-0.2, 0) is 4.79 Å². The highest BCUT2D eigenvalue weighted by molar-refractivity contribution is 9.10. The molecular formula is C26H22BrN3O2. The first kappa shape index (κ1) is 20.5. The van der Waals surface area contributed by atoms with E-state index in [0.717, 1.165) is 32.2 Å². The molecule has 2 amide bonds. The van der Waals surface area contributed by atoms with Gasteiger partial charge in [0.15, 0.2) is 0 Å². The second kappa shape index (κ2) is 7.95. The van der Waals surface area contributed by atoms with Crippen molar-refractivity contribution in [1.82, 2.24) is 9.88 Å². The number of fused-ring (bicyclic) bond motifs is 2. The predicted molar refractivity (Wildman–Crippen MR) is 130 cm³/mol. The van der Waals surface area contributed by atoms with E-state index >= 15 is 0 Å². The van der Waals surface area contributed by atoms with Crippen LogP contribution in [0.3, 0.4) is 0 Å². The summed E-state index contributed by atoms with van der Waals surface area (Å²) in [4.78, 5) is 31.9. The van der Waals surface area contributed by atoms with Gasteiger partial charge in [0.25, 0.3) is 5.91 Å². The summed E-state index contributed by atoms with van der Waals surface area (Å²) in [6, 6.07) is 22.1. The van der Waals surface area contributed by atoms with Crippen LogP contribution in [0.4, 0.5) is 5.69 Å². The van der Waals surface area contributed by atoms with Gasteiger partial charge in [0.2, 0.25) is 5.91 Å². The van der Waals surface area contributed by atoms with E-state index in [4.69, 9.17) is 0 Å². The smallest absolute Gasteiger partial charge is 0.255 e. The number of hydrogen-bond acceptors (Lipinski definition) is 2. The standard InChI is InChI=1S/C26H22BrN3O2/c1-15-23(21-12-5-6-13-22(21)28-15)24-19-10-3-4-11-20(19)26(32)30(24)16(2)25(31)29-18-9-7-8-17(27)14-18/h3-14,16,24,28H,1-2H3,(H,29,31). The number of nitrogens with zero attached hydrogens (tertiary/aromatic N) is 1. The van der Waals surface area contributed by atoms with E-state index in [1.54, 1.807) is 11.8 Å². The van der Waals surface area contributed by atoms with Crippen molar-refractivity contribution in [3.8, 4) is 0 Å². The van der Waals surface area contributed by atoms with Crippen LogP contribution in [0.2, 0.25) is 0 Å². The van der Waals surface area contributed by atoms with Gasteiger partial charge < -0.3 is 15.2 Å². The lowest BCUT2D eigenvalue weighted by Crippen LogP contribution is -2.44. The molecule has 0 spiro atoms. The molecule has 0 saturated heterocycles. The summed E-state index contributed by atoms with van der Waals surface area (Å²) in [5, 5.41) is 4.01. The Balaban J connectivity index is 1.59. The molecule has 32 heavy (non-hydrogen) atoms. The first-order chi connectivity index (χ1) is 15.5. The van der Waals surface area contributed by atoms with E-state index in [-0.39, 0.29) is 17.9 Å². The first-order valence-electron chi connectivity index (χ1n) is 10.5. The van der Waals surface area contributed by atoms with Crippen molar-refractivity contribution in [2.75, 3.05) is 5.32 Å². The van der Waals surface area contributed by atoms with Gasteiger partial charge in [-0.05, 0) is 49.7 Å². The number of aromatic amines is 1. The van der Waals surface area contributed by atoms with E-state index in [9.17, 15) is 9.59 Å². The molecule has 4 aromatic rings. The lowest BCUT2D eigenvalue weighted by atomic mass is 9.95. The van der Waals surface area contributed by atoms with E-state index in [2.05, 4.69) is 32.3 Å². The molecule has 160 valence electrons. The van der Waals surface area contributed by atoms with Gasteiger partial charge in [0.1, 0.15) is 6.04 Å². The molecule has 5 nitrogen and oxygen atoms in total. The second-order valence-corrected chi connectivity index (χ2v) is 9.00. The number of aromatic nitrogens is 1. The van der Waals surface area contributed by atoms with Crippen LogP contribution < -0.4 is 5.32 Å². The molecule has 0 aliphatic carbocycles. The third kappa shape index (κ3) is 3.31. The van der Waals surface area contributed by atoms with E-state index in [1.807, 2.05) is 73.7 Å². The fourth-order valence-corrected chi connectivity index (χ4v) is 5.02. The third-order valence-corrected chi connectivity index (χ3v) is 6.60. The number of para-hydroxylation sites is 1. The number of nitrogens with one attached hydrogen (secondary N) is 2. The van der Waals surface area contributed by atoms with Gasteiger partial charge in [-0.25, -0.2) is 0 Å². The van der Waals surface area contributed by atoms with Crippen molar-refractivity contribution >= 4 is 44.3 Å². The first-order valence-corrected chi connectivity index (χ1v) is 11.3. The normalized spacial score (nSPS) is 16.3. The Labute approximate surface area is 194 Å². The third-order valence-electron chi connectivity index (χ3n) is 6.10. The van der Waals surface area contributed by atoms with Crippen LogP contribution >= 0.6 is 15.9 Å². The summed E-state index contributed by atoms with van der Waals surface area (Å²) >= 11 is 3.43. The van der Waals surface area contributed by atoms with Crippen molar-refractivity contribution in [3.05, 3.63) is 99.7 Å². The zero-order valence-corrected chi connectivity index (χ0v) is 19.3. The maximum atomic E-state index is 13.5. The van der Waals surface area contributed by atoms with Crippen LogP contribution in [0.25, 0.3) is 10.9 Å². The highest BCUT2D eigenvalue weighted by Gasteiger charge is 2.43. The molecule has 1 aliphatic heterocycles. The molecule has 6 heteroatoms. The van der Waals surface area contributed by atoms with Gasteiger partial charge in [-0.1, -0.05) is 58.4 Å². The van der Waals surface area contributed by atoms with Gasteiger partial charge >= 0.3 is 0 Å². The Hall–Kier alpha value is -3.38. The molecular weight excluding hydrogens is 466 g/mol. The van der Waals surface area contributed by atoms with Crippen LogP contribution in [0.15, 0.2) is 77.3 Å². The monoisotopic (exact) mass is 487 g/mol. The number of H-pyrrole nitrogens is 1. The summed E-state index contributed by atoms with van der Waals surface area (Å²) in [6.07, 6.45) is 0. The zero-order chi connectivity index (χ0) is 22.4. The lowest BCUT2D eigenvalue weighted by molar-refractivity contribution is -0.120. The number of hydrogen-bond donors (Lipinski definition) is 2. The molecule has 1 aliphatic rings. The number of amides is 2. The minimum atomic E-state index is -0.674. The van der Waals surface area contributed by atoms with Crippen molar-refractivity contribution in [3.63, 3.8) is 0 Å². The molecule has 0 saturated carbocycles. The number of anilines is 1. The Morgan fingerprint density at radius 1 is 1.06 bits per heavy atom. The number of rotatable bonds is 4. The minimum absolute atomic E-state index is 0.132. The van der Waals surface area contributed by atoms with E-state index < -0.39 is 6.04 Å². The summed E-state index contributed by atoms with van der Waals surface area (Å²) in [5.74, 6) is -0.362. The summed E-state index contributed by atoms with van der Waals surface area (Å²) in [7, 11) is 0. The van der Waals surface area contributed by atoms with Crippen LogP contribution in [0.5, 0.6) is 0 Å². The molecule has 0 radical (unpaired) electrons. The molecule has 5 rings (SSSR count). The molecule has 2 atom stereocenters. The number of aryl methyl sites for hydroxylation is 1. The average Bonchev–Trinajstić information content (AvgIpc) is 3.26. The van der Waals surface area contributed by atoms with E-state index in [0.29, 0.717) is 11.3 Å². The van der Waals surface area contributed by atoms with E-state index in [1.165, 1.54) is 0 Å². The van der Waals surface area contributed by atoms with Gasteiger partial charge in [0, 0.05) is 37.9 Å². The van der Waals surface area contributed by atoms with Crippen LogP contribution in [0.1, 0.15) is 40.1 Å². The zero-order valence-electron chi connectivity index (χ0n) is 17.7.